The van der Waals surface area contributed by atoms with Crippen molar-refractivity contribution in [3.8, 4) is 5.75 Å². The molecule has 0 radical (unpaired) electrons. The van der Waals surface area contributed by atoms with E-state index in [2.05, 4.69) is 73.6 Å². The minimum absolute atomic E-state index is 0.00120. The van der Waals surface area contributed by atoms with Crippen molar-refractivity contribution in [3.05, 3.63) is 138 Å². The van der Waals surface area contributed by atoms with Crippen molar-refractivity contribution < 1.29 is 72.0 Å². The fourth-order valence-corrected chi connectivity index (χ4v) is 14.7. The number of carboxylic acid groups (broad SMARTS) is 1. The largest absolute Gasteiger partial charge is 0.488 e. The molecule has 8 amide bonds. The summed E-state index contributed by atoms with van der Waals surface area (Å²) in [5.41, 5.74) is -2.49. The lowest BCUT2D eigenvalue weighted by Crippen LogP contribution is -2.70. The number of ether oxygens (including phenoxy) is 4. The Bertz CT molecular complexity index is 3550. The van der Waals surface area contributed by atoms with Gasteiger partial charge in [-0.25, -0.2) is 19.4 Å². The van der Waals surface area contributed by atoms with Gasteiger partial charge in [0.05, 0.1) is 35.0 Å². The molecule has 3 saturated heterocycles. The number of nitrogens with two attached hydrogens (primary N) is 1. The van der Waals surface area contributed by atoms with Crippen molar-refractivity contribution in [3.63, 3.8) is 0 Å². The summed E-state index contributed by atoms with van der Waals surface area (Å²) in [7, 11) is 1.55. The molecule has 3 aliphatic heterocycles. The Kier molecular flexibility index (Phi) is 34.4. The second kappa shape index (κ2) is 42.0. The zero-order chi connectivity index (χ0) is 80.9. The zero-order valence-electron chi connectivity index (χ0n) is 66.9. The van der Waals surface area contributed by atoms with Crippen molar-refractivity contribution in [1.29, 1.82) is 0 Å². The first-order chi connectivity index (χ1) is 51.8. The first-order valence-electron chi connectivity index (χ1n) is 38.4. The van der Waals surface area contributed by atoms with Gasteiger partial charge < -0.3 is 76.0 Å². The molecule has 0 aliphatic carbocycles. The van der Waals surface area contributed by atoms with Crippen LogP contribution in [0, 0.1) is 0 Å². The van der Waals surface area contributed by atoms with Crippen molar-refractivity contribution in [2.45, 2.75) is 217 Å². The van der Waals surface area contributed by atoms with Gasteiger partial charge in [-0.05, 0) is 150 Å². The minimum Gasteiger partial charge on any atom is -0.488 e. The van der Waals surface area contributed by atoms with Gasteiger partial charge in [0.25, 0.3) is 0 Å². The van der Waals surface area contributed by atoms with Gasteiger partial charge in [-0.1, -0.05) is 116 Å². The van der Waals surface area contributed by atoms with Crippen molar-refractivity contribution in [2.24, 2.45) is 5.84 Å². The molecule has 3 fully saturated rings. The molecule has 10 N–H and O–H groups in total. The van der Waals surface area contributed by atoms with Gasteiger partial charge in [0, 0.05) is 117 Å². The lowest BCUT2D eigenvalue weighted by Gasteiger charge is -2.45. The van der Waals surface area contributed by atoms with Gasteiger partial charge in [0.2, 0.25) is 29.5 Å². The number of thioether (sulfide) groups is 1. The van der Waals surface area contributed by atoms with E-state index in [0.29, 0.717) is 31.4 Å². The number of carbonyl (C=O) groups is 10. The number of unbranched alkanes of at least 4 members (excludes halogenated alkanes) is 3. The number of carbonyl (C=O) groups excluding carboxylic acids is 9. The van der Waals surface area contributed by atoms with Crippen LogP contribution in [0.1, 0.15) is 182 Å². The summed E-state index contributed by atoms with van der Waals surface area (Å²) in [6, 6.07) is 35.9. The number of aliphatic carboxylic acids is 1. The van der Waals surface area contributed by atoms with Gasteiger partial charge in [0.15, 0.2) is 5.78 Å². The predicted octanol–water partition coefficient (Wildman–Crippen LogP) is 8.99. The zero-order valence-corrected chi connectivity index (χ0v) is 67.8. The lowest BCUT2D eigenvalue weighted by molar-refractivity contribution is -0.137. The Morgan fingerprint density at radius 1 is 0.482 bits per heavy atom. The Morgan fingerprint density at radius 3 is 1.31 bits per heavy atom. The molecule has 0 saturated carbocycles. The molecular formula is C82H122N12O15S. The number of likely N-dealkylation sites (N-methyl/N-ethyl adjacent to an activating group) is 1. The molecule has 0 spiro atoms. The third-order valence-corrected chi connectivity index (χ3v) is 19.7. The maximum atomic E-state index is 14.8. The quantitative estimate of drug-likeness (QED) is 0.0102. The normalized spacial score (nSPS) is 17.9. The summed E-state index contributed by atoms with van der Waals surface area (Å²) in [5.74, 6) is 4.49. The molecule has 0 aromatic heterocycles. The van der Waals surface area contributed by atoms with Gasteiger partial charge in [-0.15, -0.1) is 11.8 Å². The van der Waals surface area contributed by atoms with Crippen LogP contribution in [0.15, 0.2) is 115 Å². The van der Waals surface area contributed by atoms with Crippen LogP contribution in [0.4, 0.5) is 14.4 Å². The summed E-state index contributed by atoms with van der Waals surface area (Å²) in [5, 5.41) is 32.7. The van der Waals surface area contributed by atoms with Crippen LogP contribution in [-0.2, 0) is 58.9 Å². The number of nitrogens with one attached hydrogen (secondary N) is 7. The SMILES string of the molecule is CNC(=O)[C@H](CSC(c1ccccc1)(c1ccccc1)c1ccccc1)NC(=O)CCCCCCC(=O)C(Cc1ccc(OC(C)(C)C)cc1)NC(=O)CCCC(=O)N[C@]12CNCCN(C(=O)OC(C)(C)C)C[C@](NC(=O)CCCC(=O)O)(CNCCN(C(=O)OC(C)(C)C)C1)CN(C(=O)OC(C)(C)C)CCN(N)C2. The Morgan fingerprint density at radius 2 is 0.882 bits per heavy atom. The van der Waals surface area contributed by atoms with Crippen LogP contribution in [0.25, 0.3) is 0 Å². The molecule has 28 heteroatoms. The van der Waals surface area contributed by atoms with Crippen molar-refractivity contribution in [1.82, 2.24) is 56.9 Å². The molecule has 4 aromatic carbocycles. The number of hydrogen-bond acceptors (Lipinski definition) is 19. The average molecular weight is 1550 g/mol. The summed E-state index contributed by atoms with van der Waals surface area (Å²) >= 11 is 1.58. The molecule has 4 aromatic rings. The number of Topliss-reactive ketones (excluding diaryl/α,β-unsaturated/α-hetero) is 1. The van der Waals surface area contributed by atoms with Gasteiger partial charge in [0.1, 0.15) is 34.2 Å². The first-order valence-corrected chi connectivity index (χ1v) is 39.4. The molecule has 3 aliphatic rings. The van der Waals surface area contributed by atoms with Gasteiger partial charge in [-0.3, -0.25) is 39.4 Å². The monoisotopic (exact) mass is 1550 g/mol. The third kappa shape index (κ3) is 31.1. The number of carboxylic acids is 1. The van der Waals surface area contributed by atoms with Crippen LogP contribution in [-0.4, -0.2) is 221 Å². The Labute approximate surface area is 654 Å². The van der Waals surface area contributed by atoms with E-state index in [1.165, 1.54) is 19.7 Å². The second-order valence-electron chi connectivity index (χ2n) is 32.7. The van der Waals surface area contributed by atoms with Crippen LogP contribution < -0.4 is 47.8 Å². The number of hydrogen-bond donors (Lipinski definition) is 9. The summed E-state index contributed by atoms with van der Waals surface area (Å²) in [6.07, 6.45) is -0.341. The molecule has 1 unspecified atom stereocenters. The van der Waals surface area contributed by atoms with Crippen LogP contribution in [0.5, 0.6) is 5.75 Å². The smallest absolute Gasteiger partial charge is 0.410 e. The number of benzene rings is 4. The standard InChI is InChI=1S/C82H122N12O15S/c1-76(2,3)106-63-43-41-59(42-44-63)51-64(66(95)35-25-14-15-26-36-67(96)88-65(72(102)84-13)52-110-82(60-29-19-16-20-30-60,61-31-21-17-22-32-61)62-33-23-18-24-34-62)87-68(97)37-27-38-69(98)90-81-54-86-46-47-91(73(103)107-77(4,5)6)55-80(89-70(99)39-28-40-71(100)101,53-85-45-48-92(57-81)74(104)108-78(7,8)9)56-93(49-50-94(83)58-81)75(105)109-79(10,11)12/h16-24,29-34,41-44,64-65,85-86H,14-15,25-28,35-40,45-58,83H2,1-13H3,(H,84,102)(H,87,97)(H,88,96)(H,89,99)(H,90,98)(H,100,101)/t64?,65-,80+,81+/m0/s1. The molecule has 110 heavy (non-hydrogen) atoms. The third-order valence-electron chi connectivity index (χ3n) is 18.0. The fraction of sp³-hybridized carbons (Fsp3) is 0.585. The van der Waals surface area contributed by atoms with E-state index < -0.39 is 92.3 Å². The molecule has 606 valence electrons. The maximum absolute atomic E-state index is 14.8. The average Bonchev–Trinajstić information content (AvgIpc) is 0.754. The van der Waals surface area contributed by atoms with Crippen LogP contribution in [0.3, 0.4) is 0 Å². The second-order valence-corrected chi connectivity index (χ2v) is 33.9. The fourth-order valence-electron chi connectivity index (χ4n) is 13.2. The highest BCUT2D eigenvalue weighted by Gasteiger charge is 2.44. The summed E-state index contributed by atoms with van der Waals surface area (Å²) < 4.78 is 23.3. The lowest BCUT2D eigenvalue weighted by atomic mass is 9.84. The number of fused-ring (bicyclic) bond motifs is 15. The van der Waals surface area contributed by atoms with Crippen molar-refractivity contribution >= 4 is 71.3 Å². The number of nitrogens with zero attached hydrogens (tertiary/aromatic N) is 4. The summed E-state index contributed by atoms with van der Waals surface area (Å²) in [6.45, 7) is 20.1. The van der Waals surface area contributed by atoms with E-state index in [0.717, 1.165) is 22.3 Å². The highest BCUT2D eigenvalue weighted by molar-refractivity contribution is 8.00. The molecule has 27 nitrogen and oxygen atoms in total. The van der Waals surface area contributed by atoms with Gasteiger partial charge >= 0.3 is 24.2 Å². The number of amides is 8. The summed E-state index contributed by atoms with van der Waals surface area (Å²) in [4.78, 5) is 144. The molecule has 7 rings (SSSR count). The molecule has 2 bridgehead atoms. The Balaban J connectivity index is 1.18. The number of rotatable bonds is 30. The van der Waals surface area contributed by atoms with Crippen LogP contribution >= 0.6 is 11.8 Å². The maximum Gasteiger partial charge on any atom is 0.410 e. The van der Waals surface area contributed by atoms with E-state index in [4.69, 9.17) is 24.8 Å². The van der Waals surface area contributed by atoms with E-state index in [1.54, 1.807) is 81.1 Å². The van der Waals surface area contributed by atoms with E-state index in [-0.39, 0.29) is 160 Å². The predicted molar refractivity (Wildman–Crippen MR) is 425 cm³/mol. The number of ketones is 1. The topological polar surface area (TPSA) is 351 Å². The molecule has 3 heterocycles. The van der Waals surface area contributed by atoms with E-state index >= 15 is 0 Å². The molecular weight excluding hydrogens is 1430 g/mol. The van der Waals surface area contributed by atoms with Crippen molar-refractivity contribution in [2.75, 3.05) is 91.3 Å². The number of hydrazine groups is 1. The molecule has 4 atom stereocenters. The highest BCUT2D eigenvalue weighted by Crippen LogP contribution is 2.49. The van der Waals surface area contributed by atoms with Crippen LogP contribution in [0.2, 0.25) is 0 Å². The van der Waals surface area contributed by atoms with E-state index in [1.807, 2.05) is 99.6 Å². The van der Waals surface area contributed by atoms with E-state index in [9.17, 15) is 53.1 Å². The highest BCUT2D eigenvalue weighted by atomic mass is 32.2. The minimum atomic E-state index is -1.52. The van der Waals surface area contributed by atoms with Gasteiger partial charge in [-0.2, -0.15) is 0 Å². The first kappa shape index (κ1) is 90.1. The Hall–Kier alpha value is -8.83.